The molecule has 0 unspecified atom stereocenters. The Morgan fingerprint density at radius 1 is 0.885 bits per heavy atom. The minimum absolute atomic E-state index is 0.104. The van der Waals surface area contributed by atoms with Crippen LogP contribution in [0.2, 0.25) is 0 Å². The lowest BCUT2D eigenvalue weighted by Crippen LogP contribution is -2.21. The van der Waals surface area contributed by atoms with E-state index in [0.29, 0.717) is 0 Å². The first-order valence-corrected chi connectivity index (χ1v) is 8.75. The molecule has 0 saturated carbocycles. The quantitative estimate of drug-likeness (QED) is 0.560. The van der Waals surface area contributed by atoms with Gasteiger partial charge in [-0.15, -0.1) is 0 Å². The van der Waals surface area contributed by atoms with Gasteiger partial charge in [0, 0.05) is 24.2 Å². The van der Waals surface area contributed by atoms with Gasteiger partial charge in [0.2, 0.25) is 11.8 Å². The molecule has 0 aliphatic carbocycles. The third-order valence-corrected chi connectivity index (χ3v) is 3.90. The molecular formula is C21H25N3O2. The summed E-state index contributed by atoms with van der Waals surface area (Å²) in [5, 5.41) is 6.87. The van der Waals surface area contributed by atoms with Gasteiger partial charge >= 0.3 is 0 Å². The molecule has 2 aromatic carbocycles. The van der Waals surface area contributed by atoms with Gasteiger partial charge in [0.15, 0.2) is 0 Å². The number of rotatable bonds is 8. The Bertz CT molecular complexity index is 753. The highest BCUT2D eigenvalue weighted by atomic mass is 16.2. The maximum Gasteiger partial charge on any atom is 0.240 e. The van der Waals surface area contributed by atoms with Gasteiger partial charge < -0.3 is 5.32 Å². The van der Waals surface area contributed by atoms with E-state index in [0.717, 1.165) is 29.8 Å². The first-order valence-electron chi connectivity index (χ1n) is 8.75. The lowest BCUT2D eigenvalue weighted by atomic mass is 10.1. The highest BCUT2D eigenvalue weighted by molar-refractivity contribution is 5.93. The molecule has 0 aliphatic heterocycles. The van der Waals surface area contributed by atoms with E-state index in [-0.39, 0.29) is 24.7 Å². The maximum atomic E-state index is 11.9. The zero-order valence-corrected chi connectivity index (χ0v) is 15.3. The second-order valence-electron chi connectivity index (χ2n) is 6.28. The summed E-state index contributed by atoms with van der Waals surface area (Å²) in [5.41, 5.74) is 6.46. The van der Waals surface area contributed by atoms with Crippen molar-refractivity contribution < 1.29 is 9.59 Å². The maximum absolute atomic E-state index is 11.9. The van der Waals surface area contributed by atoms with Crippen molar-refractivity contribution in [3.8, 4) is 0 Å². The average molecular weight is 351 g/mol. The van der Waals surface area contributed by atoms with Crippen molar-refractivity contribution in [3.05, 3.63) is 65.7 Å². The lowest BCUT2D eigenvalue weighted by molar-refractivity contribution is -0.124. The zero-order chi connectivity index (χ0) is 18.8. The normalized spacial score (nSPS) is 11.1. The van der Waals surface area contributed by atoms with E-state index in [2.05, 4.69) is 28.0 Å². The van der Waals surface area contributed by atoms with Crippen molar-refractivity contribution in [2.24, 2.45) is 5.10 Å². The number of nitrogens with one attached hydrogen (secondary N) is 2. The predicted molar refractivity (Wildman–Crippen MR) is 105 cm³/mol. The highest BCUT2D eigenvalue weighted by Gasteiger charge is 2.07. The van der Waals surface area contributed by atoms with Crippen LogP contribution in [-0.2, 0) is 16.0 Å². The number of aryl methyl sites for hydroxylation is 2. The van der Waals surface area contributed by atoms with Crippen LogP contribution in [0, 0.1) is 6.92 Å². The van der Waals surface area contributed by atoms with E-state index in [1.54, 1.807) is 0 Å². The van der Waals surface area contributed by atoms with E-state index in [1.165, 1.54) is 5.56 Å². The fourth-order valence-electron chi connectivity index (χ4n) is 2.33. The molecule has 0 fully saturated rings. The second kappa shape index (κ2) is 10.1. The molecule has 2 N–H and O–H groups in total. The summed E-state index contributed by atoms with van der Waals surface area (Å²) >= 11 is 0. The molecule has 0 aromatic heterocycles. The number of carbonyl (C=O) groups excluding carboxylic acids is 2. The van der Waals surface area contributed by atoms with Gasteiger partial charge in [-0.05, 0) is 44.4 Å². The van der Waals surface area contributed by atoms with Crippen molar-refractivity contribution >= 4 is 23.2 Å². The molecule has 26 heavy (non-hydrogen) atoms. The smallest absolute Gasteiger partial charge is 0.240 e. The molecule has 5 heteroatoms. The van der Waals surface area contributed by atoms with Crippen molar-refractivity contribution in [2.45, 2.75) is 39.5 Å². The van der Waals surface area contributed by atoms with Crippen LogP contribution in [0.1, 0.15) is 37.3 Å². The van der Waals surface area contributed by atoms with E-state index in [1.807, 2.05) is 56.3 Å². The molecule has 5 nitrogen and oxygen atoms in total. The summed E-state index contributed by atoms with van der Waals surface area (Å²) in [6, 6.07) is 17.7. The molecule has 0 spiro atoms. The third-order valence-electron chi connectivity index (χ3n) is 3.90. The number of benzene rings is 2. The fraction of sp³-hybridized carbons (Fsp3) is 0.286. The van der Waals surface area contributed by atoms with Crippen LogP contribution in [-0.4, -0.2) is 17.5 Å². The monoisotopic (exact) mass is 351 g/mol. The summed E-state index contributed by atoms with van der Waals surface area (Å²) in [6.45, 7) is 3.87. The first kappa shape index (κ1) is 19.4. The zero-order valence-electron chi connectivity index (χ0n) is 15.3. The Balaban J connectivity index is 1.67. The number of amides is 2. The Labute approximate surface area is 154 Å². The molecule has 0 aliphatic rings. The third kappa shape index (κ3) is 7.30. The van der Waals surface area contributed by atoms with Crippen LogP contribution in [0.25, 0.3) is 0 Å². The predicted octanol–water partition coefficient (Wildman–Crippen LogP) is 3.84. The Kier molecular flexibility index (Phi) is 7.55. The van der Waals surface area contributed by atoms with Crippen molar-refractivity contribution in [2.75, 3.05) is 5.32 Å². The van der Waals surface area contributed by atoms with E-state index in [9.17, 15) is 9.59 Å². The minimum Gasteiger partial charge on any atom is -0.326 e. The Morgan fingerprint density at radius 3 is 2.23 bits per heavy atom. The van der Waals surface area contributed by atoms with E-state index in [4.69, 9.17) is 0 Å². The average Bonchev–Trinajstić information content (AvgIpc) is 2.65. The van der Waals surface area contributed by atoms with E-state index >= 15 is 0 Å². The van der Waals surface area contributed by atoms with Crippen molar-refractivity contribution in [3.63, 3.8) is 0 Å². The number of hydrogen-bond donors (Lipinski definition) is 2. The molecular weight excluding hydrogens is 326 g/mol. The summed E-state index contributed by atoms with van der Waals surface area (Å²) < 4.78 is 0. The largest absolute Gasteiger partial charge is 0.326 e. The number of hydrogen-bond acceptors (Lipinski definition) is 3. The van der Waals surface area contributed by atoms with Gasteiger partial charge in [0.05, 0.1) is 0 Å². The molecule has 0 atom stereocenters. The topological polar surface area (TPSA) is 70.6 Å². The van der Waals surface area contributed by atoms with Gasteiger partial charge in [-0.25, -0.2) is 5.43 Å². The Hall–Kier alpha value is -2.95. The molecule has 2 rings (SSSR count). The van der Waals surface area contributed by atoms with Gasteiger partial charge in [-0.2, -0.15) is 5.10 Å². The van der Waals surface area contributed by atoms with Crippen molar-refractivity contribution in [1.82, 2.24) is 5.43 Å². The number of carbonyl (C=O) groups is 2. The first-order chi connectivity index (χ1) is 12.5. The minimum atomic E-state index is -0.261. The number of hydrazone groups is 1. The summed E-state index contributed by atoms with van der Waals surface area (Å²) in [4.78, 5) is 23.7. The molecule has 136 valence electrons. The van der Waals surface area contributed by atoms with Crippen LogP contribution in [0.15, 0.2) is 59.7 Å². The van der Waals surface area contributed by atoms with Gasteiger partial charge in [0.1, 0.15) is 0 Å². The molecule has 0 bridgehead atoms. The molecule has 2 amide bonds. The summed E-state index contributed by atoms with van der Waals surface area (Å²) in [6.07, 6.45) is 1.88. The highest BCUT2D eigenvalue weighted by Crippen LogP contribution is 2.09. The summed E-state index contributed by atoms with van der Waals surface area (Å²) in [7, 11) is 0. The van der Waals surface area contributed by atoms with Gasteiger partial charge in [-0.1, -0.05) is 48.0 Å². The lowest BCUT2D eigenvalue weighted by Gasteiger charge is -2.06. The van der Waals surface area contributed by atoms with Crippen LogP contribution in [0.5, 0.6) is 0 Å². The van der Waals surface area contributed by atoms with Gasteiger partial charge in [-0.3, -0.25) is 9.59 Å². The van der Waals surface area contributed by atoms with Crippen LogP contribution in [0.3, 0.4) is 0 Å². The Morgan fingerprint density at radius 2 is 1.54 bits per heavy atom. The van der Waals surface area contributed by atoms with Crippen LogP contribution in [0.4, 0.5) is 5.69 Å². The molecule has 0 radical (unpaired) electrons. The van der Waals surface area contributed by atoms with E-state index < -0.39 is 0 Å². The molecule has 0 saturated heterocycles. The SMILES string of the molecule is C/C(CCc1ccccc1)=N/NC(=O)CCC(=O)Nc1ccc(C)cc1. The number of anilines is 1. The molecule has 2 aromatic rings. The van der Waals surface area contributed by atoms with Crippen molar-refractivity contribution in [1.29, 1.82) is 0 Å². The van der Waals surface area contributed by atoms with Crippen LogP contribution < -0.4 is 10.7 Å². The van der Waals surface area contributed by atoms with Crippen LogP contribution >= 0.6 is 0 Å². The standard InChI is InChI=1S/C21H25N3O2/c1-16-8-12-19(13-9-16)22-20(25)14-15-21(26)24-23-17(2)10-11-18-6-4-3-5-7-18/h3-9,12-13H,10-11,14-15H2,1-2H3,(H,22,25)(H,24,26)/b23-17-. The number of nitrogens with zero attached hydrogens (tertiary/aromatic N) is 1. The summed E-state index contributed by atoms with van der Waals surface area (Å²) in [5.74, 6) is -0.447. The second-order valence-corrected chi connectivity index (χ2v) is 6.28. The fourth-order valence-corrected chi connectivity index (χ4v) is 2.33. The molecule has 0 heterocycles. The van der Waals surface area contributed by atoms with Gasteiger partial charge in [0.25, 0.3) is 0 Å².